The molecule has 4 rings (SSSR count). The van der Waals surface area contributed by atoms with Gasteiger partial charge in [-0.2, -0.15) is 0 Å². The Labute approximate surface area is 154 Å². The molecule has 0 aliphatic carbocycles. The molecule has 6 nitrogen and oxygen atoms in total. The minimum absolute atomic E-state index is 0.228. The quantitative estimate of drug-likeness (QED) is 0.514. The largest absolute Gasteiger partial charge is 0.305 e. The molecule has 3 aromatic rings. The first-order valence-corrected chi connectivity index (χ1v) is 9.18. The van der Waals surface area contributed by atoms with Crippen LogP contribution in [0.5, 0.6) is 0 Å². The molecule has 26 heavy (non-hydrogen) atoms. The van der Waals surface area contributed by atoms with Crippen LogP contribution in [0, 0.1) is 0 Å². The minimum atomic E-state index is -0.228. The molecule has 2 heterocycles. The van der Waals surface area contributed by atoms with Crippen LogP contribution >= 0.6 is 11.8 Å². The van der Waals surface area contributed by atoms with E-state index >= 15 is 0 Å². The highest BCUT2D eigenvalue weighted by Gasteiger charge is 2.34. The number of thioether (sulfide) groups is 1. The maximum atomic E-state index is 12.4. The molecule has 0 saturated carbocycles. The number of hydrogen-bond acceptors (Lipinski definition) is 5. The van der Waals surface area contributed by atoms with Crippen LogP contribution < -0.4 is 0 Å². The molecule has 2 amide bonds. The summed E-state index contributed by atoms with van der Waals surface area (Å²) >= 11 is 1.48. The summed E-state index contributed by atoms with van der Waals surface area (Å²) < 4.78 is 1.92. The van der Waals surface area contributed by atoms with Crippen molar-refractivity contribution in [2.45, 2.75) is 5.16 Å². The topological polar surface area (TPSA) is 68.1 Å². The van der Waals surface area contributed by atoms with Crippen molar-refractivity contribution in [2.75, 3.05) is 12.3 Å². The minimum Gasteiger partial charge on any atom is -0.305 e. The Morgan fingerprint density at radius 1 is 0.885 bits per heavy atom. The number of carbonyl (C=O) groups excluding carboxylic acids is 2. The number of aromatic nitrogens is 3. The molecule has 0 fully saturated rings. The smallest absolute Gasteiger partial charge is 0.261 e. The fourth-order valence-electron chi connectivity index (χ4n) is 2.95. The van der Waals surface area contributed by atoms with Gasteiger partial charge in [0.15, 0.2) is 11.0 Å². The van der Waals surface area contributed by atoms with E-state index in [2.05, 4.69) is 10.2 Å². The zero-order valence-corrected chi connectivity index (χ0v) is 14.9. The van der Waals surface area contributed by atoms with Crippen molar-refractivity contribution in [3.63, 3.8) is 0 Å². The lowest BCUT2D eigenvalue weighted by atomic mass is 10.1. The molecular formula is C19H16N4O2S. The number of amides is 2. The first-order valence-electron chi connectivity index (χ1n) is 8.19. The van der Waals surface area contributed by atoms with E-state index in [1.807, 2.05) is 41.9 Å². The van der Waals surface area contributed by atoms with Gasteiger partial charge in [0.25, 0.3) is 11.8 Å². The van der Waals surface area contributed by atoms with Gasteiger partial charge in [-0.3, -0.25) is 14.5 Å². The van der Waals surface area contributed by atoms with Crippen LogP contribution in [0.25, 0.3) is 11.4 Å². The molecule has 0 bridgehead atoms. The van der Waals surface area contributed by atoms with Crippen molar-refractivity contribution in [1.29, 1.82) is 0 Å². The molecule has 0 N–H and O–H groups in total. The summed E-state index contributed by atoms with van der Waals surface area (Å²) in [5, 5.41) is 9.22. The van der Waals surface area contributed by atoms with Crippen molar-refractivity contribution in [1.82, 2.24) is 19.7 Å². The zero-order valence-electron chi connectivity index (χ0n) is 14.1. The van der Waals surface area contributed by atoms with Gasteiger partial charge < -0.3 is 4.57 Å². The van der Waals surface area contributed by atoms with Crippen LogP contribution in [0.1, 0.15) is 20.7 Å². The molecule has 1 aliphatic heterocycles. The molecule has 0 spiro atoms. The Kier molecular flexibility index (Phi) is 4.30. The Balaban J connectivity index is 1.43. The van der Waals surface area contributed by atoms with E-state index in [0.29, 0.717) is 23.4 Å². The molecule has 0 unspecified atom stereocenters. The van der Waals surface area contributed by atoms with Crippen LogP contribution in [0.15, 0.2) is 59.8 Å². The highest BCUT2D eigenvalue weighted by atomic mass is 32.2. The van der Waals surface area contributed by atoms with Crippen LogP contribution in [0.3, 0.4) is 0 Å². The average Bonchev–Trinajstić information content (AvgIpc) is 3.16. The molecule has 1 aromatic heterocycles. The second-order valence-corrected chi connectivity index (χ2v) is 6.95. The Morgan fingerprint density at radius 2 is 1.50 bits per heavy atom. The van der Waals surface area contributed by atoms with Gasteiger partial charge >= 0.3 is 0 Å². The van der Waals surface area contributed by atoms with E-state index in [9.17, 15) is 9.59 Å². The monoisotopic (exact) mass is 364 g/mol. The Morgan fingerprint density at radius 3 is 2.15 bits per heavy atom. The molecule has 2 aromatic carbocycles. The van der Waals surface area contributed by atoms with Gasteiger partial charge in [-0.15, -0.1) is 10.2 Å². The van der Waals surface area contributed by atoms with Gasteiger partial charge in [-0.25, -0.2) is 0 Å². The lowest BCUT2D eigenvalue weighted by Gasteiger charge is -2.13. The van der Waals surface area contributed by atoms with Gasteiger partial charge in [-0.05, 0) is 12.1 Å². The van der Waals surface area contributed by atoms with Crippen LogP contribution in [0.2, 0.25) is 0 Å². The molecule has 0 atom stereocenters. The molecule has 7 heteroatoms. The first kappa shape index (κ1) is 16.5. The van der Waals surface area contributed by atoms with Crippen molar-refractivity contribution < 1.29 is 9.59 Å². The fourth-order valence-corrected chi connectivity index (χ4v) is 3.78. The molecule has 0 saturated heterocycles. The molecular weight excluding hydrogens is 348 g/mol. The Hall–Kier alpha value is -2.93. The number of nitrogens with zero attached hydrogens (tertiary/aromatic N) is 4. The number of imide groups is 1. The SMILES string of the molecule is Cn1c(SCCN2C(=O)c3ccccc3C2=O)nnc1-c1ccccc1. The van der Waals surface area contributed by atoms with Gasteiger partial charge in [0.2, 0.25) is 0 Å². The maximum absolute atomic E-state index is 12.4. The summed E-state index contributed by atoms with van der Waals surface area (Å²) in [5.41, 5.74) is 1.95. The first-order chi connectivity index (χ1) is 12.7. The number of rotatable bonds is 5. The predicted molar refractivity (Wildman–Crippen MR) is 99.0 cm³/mol. The van der Waals surface area contributed by atoms with Crippen molar-refractivity contribution in [2.24, 2.45) is 7.05 Å². The third-order valence-corrected chi connectivity index (χ3v) is 5.29. The van der Waals surface area contributed by atoms with E-state index in [1.54, 1.807) is 24.3 Å². The highest BCUT2D eigenvalue weighted by Crippen LogP contribution is 2.25. The van der Waals surface area contributed by atoms with Crippen molar-refractivity contribution in [3.8, 4) is 11.4 Å². The highest BCUT2D eigenvalue weighted by molar-refractivity contribution is 7.99. The summed E-state index contributed by atoms with van der Waals surface area (Å²) in [6.45, 7) is 0.338. The number of benzene rings is 2. The van der Waals surface area contributed by atoms with Gasteiger partial charge in [0.05, 0.1) is 11.1 Å². The zero-order chi connectivity index (χ0) is 18.1. The summed E-state index contributed by atoms with van der Waals surface area (Å²) in [4.78, 5) is 26.0. The van der Waals surface area contributed by atoms with Crippen molar-refractivity contribution >= 4 is 23.6 Å². The van der Waals surface area contributed by atoms with Crippen LogP contribution in [-0.2, 0) is 7.05 Å². The van der Waals surface area contributed by atoms with E-state index in [0.717, 1.165) is 16.5 Å². The average molecular weight is 364 g/mol. The number of carbonyl (C=O) groups is 2. The van der Waals surface area contributed by atoms with Gasteiger partial charge in [-0.1, -0.05) is 54.2 Å². The van der Waals surface area contributed by atoms with E-state index < -0.39 is 0 Å². The summed E-state index contributed by atoms with van der Waals surface area (Å²) in [7, 11) is 1.91. The fraction of sp³-hybridized carbons (Fsp3) is 0.158. The van der Waals surface area contributed by atoms with Crippen LogP contribution in [0.4, 0.5) is 0 Å². The molecule has 130 valence electrons. The summed E-state index contributed by atoms with van der Waals surface area (Å²) in [6.07, 6.45) is 0. The maximum Gasteiger partial charge on any atom is 0.261 e. The number of fused-ring (bicyclic) bond motifs is 1. The number of hydrogen-bond donors (Lipinski definition) is 0. The second kappa shape index (κ2) is 6.76. The van der Waals surface area contributed by atoms with E-state index in [4.69, 9.17) is 0 Å². The molecule has 0 radical (unpaired) electrons. The standard InChI is InChI=1S/C19H16N4O2S/c1-22-16(13-7-3-2-4-8-13)20-21-19(22)26-12-11-23-17(24)14-9-5-6-10-15(14)18(23)25/h2-10H,11-12H2,1H3. The van der Waals surface area contributed by atoms with Crippen molar-refractivity contribution in [3.05, 3.63) is 65.7 Å². The normalized spacial score (nSPS) is 13.3. The second-order valence-electron chi connectivity index (χ2n) is 5.89. The van der Waals surface area contributed by atoms with Crippen LogP contribution in [-0.4, -0.2) is 43.8 Å². The van der Waals surface area contributed by atoms with Gasteiger partial charge in [0.1, 0.15) is 0 Å². The predicted octanol–water partition coefficient (Wildman–Crippen LogP) is 2.87. The summed E-state index contributed by atoms with van der Waals surface area (Å²) in [5.74, 6) is 0.892. The van der Waals surface area contributed by atoms with E-state index in [1.165, 1.54) is 16.7 Å². The molecule has 1 aliphatic rings. The third kappa shape index (κ3) is 2.80. The Bertz CT molecular complexity index is 949. The lowest BCUT2D eigenvalue weighted by molar-refractivity contribution is 0.0664. The third-order valence-electron chi connectivity index (χ3n) is 4.29. The van der Waals surface area contributed by atoms with Gasteiger partial charge in [0, 0.05) is 24.9 Å². The van der Waals surface area contributed by atoms with E-state index in [-0.39, 0.29) is 11.8 Å². The summed E-state index contributed by atoms with van der Waals surface area (Å²) in [6, 6.07) is 16.8. The lowest BCUT2D eigenvalue weighted by Crippen LogP contribution is -2.31.